The van der Waals surface area contributed by atoms with Crippen molar-refractivity contribution < 1.29 is 13.2 Å². The fourth-order valence-electron chi connectivity index (χ4n) is 1.55. The van der Waals surface area contributed by atoms with Crippen molar-refractivity contribution in [3.8, 4) is 0 Å². The average Bonchev–Trinajstić information content (AvgIpc) is 2.36. The van der Waals surface area contributed by atoms with Gasteiger partial charge in [-0.05, 0) is 19.1 Å². The van der Waals surface area contributed by atoms with E-state index in [1.807, 2.05) is 6.07 Å². The van der Waals surface area contributed by atoms with Gasteiger partial charge in [-0.15, -0.1) is 6.58 Å². The highest BCUT2D eigenvalue weighted by atomic mass is 32.2. The van der Waals surface area contributed by atoms with E-state index in [0.29, 0.717) is 5.69 Å². The standard InChI is InChI=1S/C13H19NO3S/c1-4-10-14(13-8-6-5-7-9-13)18(15,16)11-12(2)17-3/h4-9,12H,1,10-11H2,2-3H3. The molecule has 1 rings (SSSR count). The first kappa shape index (κ1) is 14.7. The number of sulfonamides is 1. The molecule has 0 aliphatic rings. The van der Waals surface area contributed by atoms with Crippen LogP contribution in [0.15, 0.2) is 43.0 Å². The fourth-order valence-corrected chi connectivity index (χ4v) is 3.23. The first-order valence-electron chi connectivity index (χ1n) is 5.70. The highest BCUT2D eigenvalue weighted by Gasteiger charge is 2.23. The Morgan fingerprint density at radius 3 is 2.50 bits per heavy atom. The van der Waals surface area contributed by atoms with Gasteiger partial charge < -0.3 is 4.74 Å². The van der Waals surface area contributed by atoms with Crippen molar-refractivity contribution in [2.75, 3.05) is 23.7 Å². The minimum Gasteiger partial charge on any atom is -0.381 e. The molecule has 1 unspecified atom stereocenters. The predicted molar refractivity (Wildman–Crippen MR) is 74.2 cm³/mol. The smallest absolute Gasteiger partial charge is 0.237 e. The lowest BCUT2D eigenvalue weighted by Crippen LogP contribution is -2.36. The summed E-state index contributed by atoms with van der Waals surface area (Å²) in [4.78, 5) is 0. The minimum atomic E-state index is -3.41. The zero-order valence-electron chi connectivity index (χ0n) is 10.7. The average molecular weight is 269 g/mol. The molecule has 0 aliphatic heterocycles. The van der Waals surface area contributed by atoms with Crippen LogP contribution in [-0.2, 0) is 14.8 Å². The van der Waals surface area contributed by atoms with E-state index in [2.05, 4.69) is 6.58 Å². The first-order valence-corrected chi connectivity index (χ1v) is 7.31. The zero-order valence-corrected chi connectivity index (χ0v) is 11.6. The van der Waals surface area contributed by atoms with Gasteiger partial charge in [0, 0.05) is 7.11 Å². The van der Waals surface area contributed by atoms with Crippen LogP contribution >= 0.6 is 0 Å². The van der Waals surface area contributed by atoms with Gasteiger partial charge in [0.1, 0.15) is 0 Å². The van der Waals surface area contributed by atoms with E-state index in [0.717, 1.165) is 0 Å². The van der Waals surface area contributed by atoms with E-state index in [-0.39, 0.29) is 18.4 Å². The predicted octanol–water partition coefficient (Wildman–Crippen LogP) is 2.04. The molecule has 0 saturated heterocycles. The largest absolute Gasteiger partial charge is 0.381 e. The number of hydrogen-bond donors (Lipinski definition) is 0. The molecule has 0 bridgehead atoms. The van der Waals surface area contributed by atoms with Crippen molar-refractivity contribution in [2.45, 2.75) is 13.0 Å². The Morgan fingerprint density at radius 2 is 2.00 bits per heavy atom. The van der Waals surface area contributed by atoms with E-state index in [1.165, 1.54) is 11.4 Å². The summed E-state index contributed by atoms with van der Waals surface area (Å²) in [6.07, 6.45) is 1.23. The van der Waals surface area contributed by atoms with Crippen LogP contribution in [-0.4, -0.2) is 33.9 Å². The van der Waals surface area contributed by atoms with Crippen LogP contribution in [0.1, 0.15) is 6.92 Å². The van der Waals surface area contributed by atoms with Gasteiger partial charge in [0.05, 0.1) is 24.1 Å². The topological polar surface area (TPSA) is 46.6 Å². The number of benzene rings is 1. The van der Waals surface area contributed by atoms with Gasteiger partial charge in [-0.1, -0.05) is 24.3 Å². The van der Waals surface area contributed by atoms with E-state index in [4.69, 9.17) is 4.74 Å². The SMILES string of the molecule is C=CCN(c1ccccc1)S(=O)(=O)CC(C)OC. The quantitative estimate of drug-likeness (QED) is 0.712. The Labute approximate surface area is 109 Å². The summed E-state index contributed by atoms with van der Waals surface area (Å²) < 4.78 is 30.9. The number of anilines is 1. The molecule has 0 aliphatic carbocycles. The van der Waals surface area contributed by atoms with Gasteiger partial charge in [-0.25, -0.2) is 8.42 Å². The summed E-state index contributed by atoms with van der Waals surface area (Å²) >= 11 is 0. The second kappa shape index (κ2) is 6.56. The molecule has 0 spiro atoms. The molecule has 0 amide bonds. The summed E-state index contributed by atoms with van der Waals surface area (Å²) in [5.74, 6) is -0.0494. The zero-order chi connectivity index (χ0) is 13.6. The number of nitrogens with zero attached hydrogens (tertiary/aromatic N) is 1. The molecule has 0 saturated carbocycles. The molecule has 4 nitrogen and oxygen atoms in total. The van der Waals surface area contributed by atoms with Gasteiger partial charge in [0.25, 0.3) is 0 Å². The van der Waals surface area contributed by atoms with Crippen LogP contribution in [0, 0.1) is 0 Å². The van der Waals surface area contributed by atoms with Crippen LogP contribution in [0.2, 0.25) is 0 Å². The van der Waals surface area contributed by atoms with Crippen LogP contribution in [0.4, 0.5) is 5.69 Å². The highest BCUT2D eigenvalue weighted by Crippen LogP contribution is 2.18. The molecule has 0 radical (unpaired) electrons. The van der Waals surface area contributed by atoms with Crippen LogP contribution in [0.25, 0.3) is 0 Å². The normalized spacial score (nSPS) is 13.0. The molecule has 0 aromatic heterocycles. The van der Waals surface area contributed by atoms with Gasteiger partial charge >= 0.3 is 0 Å². The molecule has 5 heteroatoms. The monoisotopic (exact) mass is 269 g/mol. The Morgan fingerprint density at radius 1 is 1.39 bits per heavy atom. The maximum atomic E-state index is 12.3. The summed E-state index contributed by atoms with van der Waals surface area (Å²) in [7, 11) is -1.91. The van der Waals surface area contributed by atoms with E-state index < -0.39 is 10.0 Å². The Balaban J connectivity index is 3.02. The summed E-state index contributed by atoms with van der Waals surface area (Å²) in [5.41, 5.74) is 0.640. The molecule has 100 valence electrons. The number of hydrogen-bond acceptors (Lipinski definition) is 3. The van der Waals surface area contributed by atoms with E-state index in [1.54, 1.807) is 37.3 Å². The molecule has 1 aromatic carbocycles. The Bertz CT molecular complexity index is 470. The molecule has 0 heterocycles. The minimum absolute atomic E-state index is 0.0494. The molecule has 1 atom stereocenters. The van der Waals surface area contributed by atoms with Gasteiger partial charge in [-0.2, -0.15) is 0 Å². The van der Waals surface area contributed by atoms with Crippen LogP contribution in [0.3, 0.4) is 0 Å². The second-order valence-electron chi connectivity index (χ2n) is 3.98. The van der Waals surface area contributed by atoms with Gasteiger partial charge in [-0.3, -0.25) is 4.31 Å². The van der Waals surface area contributed by atoms with Gasteiger partial charge in [0.2, 0.25) is 10.0 Å². The molecular weight excluding hydrogens is 250 g/mol. The lowest BCUT2D eigenvalue weighted by Gasteiger charge is -2.24. The third-order valence-electron chi connectivity index (χ3n) is 2.52. The fraction of sp³-hybridized carbons (Fsp3) is 0.385. The molecule has 1 aromatic rings. The maximum Gasteiger partial charge on any atom is 0.237 e. The number of para-hydroxylation sites is 1. The molecule has 0 N–H and O–H groups in total. The first-order chi connectivity index (χ1) is 8.51. The second-order valence-corrected chi connectivity index (χ2v) is 5.92. The highest BCUT2D eigenvalue weighted by molar-refractivity contribution is 7.92. The number of rotatable bonds is 7. The third kappa shape index (κ3) is 3.85. The summed E-state index contributed by atoms with van der Waals surface area (Å²) in [6, 6.07) is 8.98. The van der Waals surface area contributed by atoms with Crippen molar-refractivity contribution in [3.63, 3.8) is 0 Å². The van der Waals surface area contributed by atoms with Gasteiger partial charge in [0.15, 0.2) is 0 Å². The van der Waals surface area contributed by atoms with Crippen molar-refractivity contribution >= 4 is 15.7 Å². The molecule has 0 fully saturated rings. The van der Waals surface area contributed by atoms with E-state index >= 15 is 0 Å². The van der Waals surface area contributed by atoms with E-state index in [9.17, 15) is 8.42 Å². The third-order valence-corrected chi connectivity index (χ3v) is 4.44. The summed E-state index contributed by atoms with van der Waals surface area (Å²) in [6.45, 7) is 5.58. The maximum absolute atomic E-state index is 12.3. The lowest BCUT2D eigenvalue weighted by atomic mass is 10.3. The Kier molecular flexibility index (Phi) is 5.37. The van der Waals surface area contributed by atoms with Crippen molar-refractivity contribution in [3.05, 3.63) is 43.0 Å². The van der Waals surface area contributed by atoms with Crippen molar-refractivity contribution in [1.82, 2.24) is 0 Å². The van der Waals surface area contributed by atoms with Crippen molar-refractivity contribution in [1.29, 1.82) is 0 Å². The van der Waals surface area contributed by atoms with Crippen LogP contribution < -0.4 is 4.31 Å². The number of ether oxygens (including phenoxy) is 1. The molecular formula is C13H19NO3S. The molecule has 18 heavy (non-hydrogen) atoms. The summed E-state index contributed by atoms with van der Waals surface area (Å²) in [5, 5.41) is 0. The Hall–Kier alpha value is -1.33. The number of methoxy groups -OCH3 is 1. The van der Waals surface area contributed by atoms with Crippen molar-refractivity contribution in [2.24, 2.45) is 0 Å². The lowest BCUT2D eigenvalue weighted by molar-refractivity contribution is 0.136. The van der Waals surface area contributed by atoms with Crippen LogP contribution in [0.5, 0.6) is 0 Å².